The van der Waals surface area contributed by atoms with Crippen LogP contribution in [-0.2, 0) is 4.79 Å². The smallest absolute Gasteiger partial charge is 0.236 e. The van der Waals surface area contributed by atoms with Crippen molar-refractivity contribution in [3.63, 3.8) is 0 Å². The SMILES string of the molecule is CCN(C(=O)CN1CCCC(O)C1)C1CC1. The molecule has 1 aliphatic heterocycles. The lowest BCUT2D eigenvalue weighted by atomic mass is 10.1. The second kappa shape index (κ2) is 5.15. The lowest BCUT2D eigenvalue weighted by molar-refractivity contribution is -0.133. The summed E-state index contributed by atoms with van der Waals surface area (Å²) in [5.41, 5.74) is 0. The summed E-state index contributed by atoms with van der Waals surface area (Å²) < 4.78 is 0. The van der Waals surface area contributed by atoms with Crippen molar-refractivity contribution in [2.75, 3.05) is 26.2 Å². The van der Waals surface area contributed by atoms with Crippen molar-refractivity contribution in [3.05, 3.63) is 0 Å². The lowest BCUT2D eigenvalue weighted by Gasteiger charge is -2.31. The van der Waals surface area contributed by atoms with Crippen LogP contribution < -0.4 is 0 Å². The highest BCUT2D eigenvalue weighted by Gasteiger charge is 2.32. The molecule has 0 bridgehead atoms. The number of carbonyl (C=O) groups is 1. The number of hydrogen-bond donors (Lipinski definition) is 1. The van der Waals surface area contributed by atoms with E-state index < -0.39 is 0 Å². The normalized spacial score (nSPS) is 26.8. The van der Waals surface area contributed by atoms with Crippen LogP contribution in [0.3, 0.4) is 0 Å². The second-order valence-corrected chi connectivity index (χ2v) is 4.94. The van der Waals surface area contributed by atoms with Crippen molar-refractivity contribution in [1.29, 1.82) is 0 Å². The number of likely N-dealkylation sites (N-methyl/N-ethyl adjacent to an activating group) is 1. The van der Waals surface area contributed by atoms with E-state index in [9.17, 15) is 9.90 Å². The van der Waals surface area contributed by atoms with Gasteiger partial charge in [0.25, 0.3) is 0 Å². The Bertz CT molecular complexity index is 253. The number of carbonyl (C=O) groups excluding carboxylic acids is 1. The number of β-amino-alcohol motifs (C(OH)–C–C–N with tert-alkyl or cyclic N) is 1. The molecule has 1 N–H and O–H groups in total. The maximum atomic E-state index is 12.0. The van der Waals surface area contributed by atoms with Crippen LogP contribution in [-0.4, -0.2) is 59.1 Å². The fourth-order valence-corrected chi connectivity index (χ4v) is 2.48. The molecule has 2 aliphatic rings. The molecule has 0 aromatic heterocycles. The van der Waals surface area contributed by atoms with Gasteiger partial charge in [-0.25, -0.2) is 0 Å². The summed E-state index contributed by atoms with van der Waals surface area (Å²) in [6, 6.07) is 0.507. The molecule has 0 aromatic rings. The highest BCUT2D eigenvalue weighted by Crippen LogP contribution is 2.26. The quantitative estimate of drug-likeness (QED) is 0.757. The molecule has 1 amide bonds. The summed E-state index contributed by atoms with van der Waals surface area (Å²) in [6.07, 6.45) is 3.98. The first kappa shape index (κ1) is 11.9. The summed E-state index contributed by atoms with van der Waals surface area (Å²) >= 11 is 0. The van der Waals surface area contributed by atoms with Crippen LogP contribution in [0.1, 0.15) is 32.6 Å². The molecule has 1 atom stereocenters. The van der Waals surface area contributed by atoms with Crippen LogP contribution in [0.4, 0.5) is 0 Å². The molecular weight excluding hydrogens is 204 g/mol. The Kier molecular flexibility index (Phi) is 3.82. The Hall–Kier alpha value is -0.610. The van der Waals surface area contributed by atoms with Gasteiger partial charge < -0.3 is 10.0 Å². The van der Waals surface area contributed by atoms with Crippen molar-refractivity contribution in [3.8, 4) is 0 Å². The minimum Gasteiger partial charge on any atom is -0.392 e. The number of nitrogens with zero attached hydrogens (tertiary/aromatic N) is 2. The van der Waals surface area contributed by atoms with Gasteiger partial charge in [-0.05, 0) is 39.2 Å². The summed E-state index contributed by atoms with van der Waals surface area (Å²) in [6.45, 7) is 4.96. The number of aliphatic hydroxyl groups is 1. The van der Waals surface area contributed by atoms with Crippen LogP contribution in [0, 0.1) is 0 Å². The van der Waals surface area contributed by atoms with Crippen molar-refractivity contribution in [1.82, 2.24) is 9.80 Å². The van der Waals surface area contributed by atoms with Crippen LogP contribution in [0.5, 0.6) is 0 Å². The van der Waals surface area contributed by atoms with Crippen molar-refractivity contribution >= 4 is 5.91 Å². The van der Waals surface area contributed by atoms with Gasteiger partial charge in [-0.1, -0.05) is 0 Å². The molecule has 1 unspecified atom stereocenters. The van der Waals surface area contributed by atoms with E-state index in [-0.39, 0.29) is 12.0 Å². The van der Waals surface area contributed by atoms with Crippen molar-refractivity contribution in [2.24, 2.45) is 0 Å². The second-order valence-electron chi connectivity index (χ2n) is 4.94. The molecule has 4 nitrogen and oxygen atoms in total. The zero-order valence-electron chi connectivity index (χ0n) is 10.1. The van der Waals surface area contributed by atoms with Gasteiger partial charge in [0, 0.05) is 19.1 Å². The summed E-state index contributed by atoms with van der Waals surface area (Å²) in [7, 11) is 0. The number of aliphatic hydroxyl groups excluding tert-OH is 1. The summed E-state index contributed by atoms with van der Waals surface area (Å²) in [4.78, 5) is 16.1. The zero-order valence-corrected chi connectivity index (χ0v) is 10.1. The molecular formula is C12H22N2O2. The zero-order chi connectivity index (χ0) is 11.5. The molecule has 1 saturated carbocycles. The fourth-order valence-electron chi connectivity index (χ4n) is 2.48. The van der Waals surface area contributed by atoms with Gasteiger partial charge in [0.1, 0.15) is 0 Å². The standard InChI is InChI=1S/C12H22N2O2/c1-2-14(10-5-6-10)12(16)9-13-7-3-4-11(15)8-13/h10-11,15H,2-9H2,1H3. The van der Waals surface area contributed by atoms with Crippen LogP contribution in [0.25, 0.3) is 0 Å². The van der Waals surface area contributed by atoms with E-state index in [1.54, 1.807) is 0 Å². The number of rotatable bonds is 4. The van der Waals surface area contributed by atoms with Crippen LogP contribution in [0.15, 0.2) is 0 Å². The van der Waals surface area contributed by atoms with Gasteiger partial charge in [0.05, 0.1) is 12.6 Å². The number of piperidine rings is 1. The van der Waals surface area contributed by atoms with Crippen LogP contribution in [0.2, 0.25) is 0 Å². The predicted molar refractivity (Wildman–Crippen MR) is 62.1 cm³/mol. The molecule has 2 fully saturated rings. The molecule has 0 aromatic carbocycles. The van der Waals surface area contributed by atoms with E-state index in [2.05, 4.69) is 4.90 Å². The Morgan fingerprint density at radius 2 is 2.19 bits per heavy atom. The van der Waals surface area contributed by atoms with Gasteiger partial charge in [0.15, 0.2) is 0 Å². The molecule has 2 rings (SSSR count). The van der Waals surface area contributed by atoms with Gasteiger partial charge in [-0.15, -0.1) is 0 Å². The molecule has 0 spiro atoms. The van der Waals surface area contributed by atoms with Gasteiger partial charge in [-0.2, -0.15) is 0 Å². The first-order valence-electron chi connectivity index (χ1n) is 6.40. The number of amides is 1. The maximum absolute atomic E-state index is 12.0. The third-order valence-corrected chi connectivity index (χ3v) is 3.49. The average Bonchev–Trinajstić information content (AvgIpc) is 3.03. The highest BCUT2D eigenvalue weighted by molar-refractivity contribution is 5.78. The number of hydrogen-bond acceptors (Lipinski definition) is 3. The van der Waals surface area contributed by atoms with E-state index >= 15 is 0 Å². The minimum atomic E-state index is -0.238. The van der Waals surface area contributed by atoms with Gasteiger partial charge >= 0.3 is 0 Å². The van der Waals surface area contributed by atoms with E-state index in [0.717, 1.165) is 25.9 Å². The minimum absolute atomic E-state index is 0.235. The first-order valence-corrected chi connectivity index (χ1v) is 6.40. The highest BCUT2D eigenvalue weighted by atomic mass is 16.3. The van der Waals surface area contributed by atoms with Gasteiger partial charge in [0.2, 0.25) is 5.91 Å². The molecule has 0 radical (unpaired) electrons. The van der Waals surface area contributed by atoms with Crippen LogP contribution >= 0.6 is 0 Å². The Morgan fingerprint density at radius 3 is 2.75 bits per heavy atom. The molecule has 16 heavy (non-hydrogen) atoms. The Balaban J connectivity index is 1.80. The molecule has 1 heterocycles. The predicted octanol–water partition coefficient (Wildman–Crippen LogP) is 0.454. The third kappa shape index (κ3) is 2.95. The van der Waals surface area contributed by atoms with E-state index in [1.165, 1.54) is 12.8 Å². The summed E-state index contributed by atoms with van der Waals surface area (Å²) in [5, 5.41) is 9.54. The monoisotopic (exact) mass is 226 g/mol. The van der Waals surface area contributed by atoms with E-state index in [0.29, 0.717) is 19.1 Å². The molecule has 92 valence electrons. The first-order chi connectivity index (χ1) is 7.70. The van der Waals surface area contributed by atoms with Gasteiger partial charge in [-0.3, -0.25) is 9.69 Å². The van der Waals surface area contributed by atoms with E-state index in [1.807, 2.05) is 11.8 Å². The Morgan fingerprint density at radius 1 is 1.44 bits per heavy atom. The lowest BCUT2D eigenvalue weighted by Crippen LogP contribution is -2.46. The largest absolute Gasteiger partial charge is 0.392 e. The van der Waals surface area contributed by atoms with Crippen molar-refractivity contribution in [2.45, 2.75) is 44.8 Å². The maximum Gasteiger partial charge on any atom is 0.236 e. The third-order valence-electron chi connectivity index (χ3n) is 3.49. The van der Waals surface area contributed by atoms with Crippen molar-refractivity contribution < 1.29 is 9.90 Å². The summed E-state index contributed by atoms with van der Waals surface area (Å²) in [5.74, 6) is 0.235. The fraction of sp³-hybridized carbons (Fsp3) is 0.917. The molecule has 1 saturated heterocycles. The topological polar surface area (TPSA) is 43.8 Å². The Labute approximate surface area is 97.2 Å². The van der Waals surface area contributed by atoms with E-state index in [4.69, 9.17) is 0 Å². The number of likely N-dealkylation sites (tertiary alicyclic amines) is 1. The molecule has 4 heteroatoms. The molecule has 1 aliphatic carbocycles. The average molecular weight is 226 g/mol.